The second kappa shape index (κ2) is 12.2. The summed E-state index contributed by atoms with van der Waals surface area (Å²) in [5.74, 6) is 0.299. The van der Waals surface area contributed by atoms with Gasteiger partial charge in [-0.25, -0.2) is 4.79 Å². The maximum absolute atomic E-state index is 14.1. The van der Waals surface area contributed by atoms with Crippen LogP contribution in [-0.4, -0.2) is 24.2 Å². The molecule has 2 aliphatic rings. The number of aryl methyl sites for hydroxylation is 2. The van der Waals surface area contributed by atoms with Crippen LogP contribution in [0.3, 0.4) is 0 Å². The molecule has 0 unspecified atom stereocenters. The average Bonchev–Trinajstić information content (AvgIpc) is 2.96. The molecule has 0 saturated heterocycles. The van der Waals surface area contributed by atoms with Crippen molar-refractivity contribution in [2.24, 2.45) is 5.92 Å². The van der Waals surface area contributed by atoms with Crippen LogP contribution in [-0.2, 0) is 21.6 Å². The number of fused-ring (bicyclic) bond motifs is 2. The lowest BCUT2D eigenvalue weighted by Gasteiger charge is -2.35. The zero-order valence-corrected chi connectivity index (χ0v) is 25.1. The van der Waals surface area contributed by atoms with Crippen LogP contribution in [0.5, 0.6) is 23.0 Å². The molecule has 1 aliphatic carbocycles. The predicted octanol–water partition coefficient (Wildman–Crippen LogP) is 7.66. The molecule has 1 aliphatic heterocycles. The number of cyclic esters (lactones) is 1. The molecule has 1 atom stereocenters. The Morgan fingerprint density at radius 1 is 1.00 bits per heavy atom. The van der Waals surface area contributed by atoms with E-state index in [1.807, 2.05) is 58.0 Å². The molecule has 0 bridgehead atoms. The van der Waals surface area contributed by atoms with Gasteiger partial charge in [-0.05, 0) is 74.4 Å². The lowest BCUT2D eigenvalue weighted by Crippen LogP contribution is -2.41. The molecule has 5 rings (SSSR count). The molecule has 7 nitrogen and oxygen atoms in total. The van der Waals surface area contributed by atoms with Gasteiger partial charge in [0.1, 0.15) is 23.7 Å². The number of esters is 2. The Morgan fingerprint density at radius 2 is 1.71 bits per heavy atom. The third kappa shape index (κ3) is 5.75. The minimum atomic E-state index is -0.830. The third-order valence-corrected chi connectivity index (χ3v) is 8.36. The minimum absolute atomic E-state index is 0.0785. The zero-order chi connectivity index (χ0) is 30.0. The Hall–Kier alpha value is -3.84. The number of carbonyl (C=O) groups is 2. The van der Waals surface area contributed by atoms with Crippen LogP contribution in [0.4, 0.5) is 0 Å². The van der Waals surface area contributed by atoms with Crippen LogP contribution in [0, 0.1) is 19.8 Å². The number of hydrogen-bond acceptors (Lipinski definition) is 7. The second-order valence-corrected chi connectivity index (χ2v) is 12.0. The van der Waals surface area contributed by atoms with E-state index in [1.54, 1.807) is 18.2 Å². The number of carbonyl (C=O) groups excluding carboxylic acids is 2. The number of hydrogen-bond donors (Lipinski definition) is 1. The van der Waals surface area contributed by atoms with E-state index in [-0.39, 0.29) is 41.3 Å². The highest BCUT2D eigenvalue weighted by molar-refractivity contribution is 5.97. The van der Waals surface area contributed by atoms with Gasteiger partial charge in [0.2, 0.25) is 0 Å². The summed E-state index contributed by atoms with van der Waals surface area (Å²) in [5.41, 5.74) is 3.35. The highest BCUT2D eigenvalue weighted by Gasteiger charge is 2.43. The van der Waals surface area contributed by atoms with E-state index in [4.69, 9.17) is 18.9 Å². The molecule has 1 saturated carbocycles. The molecule has 42 heavy (non-hydrogen) atoms. The first kappa shape index (κ1) is 29.6. The lowest BCUT2D eigenvalue weighted by atomic mass is 9.69. The summed E-state index contributed by atoms with van der Waals surface area (Å²) >= 11 is 0. The van der Waals surface area contributed by atoms with Crippen LogP contribution in [0.25, 0.3) is 0 Å². The summed E-state index contributed by atoms with van der Waals surface area (Å²) in [4.78, 5) is 27.4. The standard InChI is InChI=1S/C35H40O7/c1-21(2)17-27(36)26-13-14-28-30(32(26)39-5)33(37)40-20-24-18-23(4)19-29(31(24)41-28)42-34(38)35(15-7-6-8-16-35)25-11-9-22(3)10-12-25/h9-14,18-19,21,27,36H,6-8,15-17,20H2,1-5H3/t27-/m0/s1. The summed E-state index contributed by atoms with van der Waals surface area (Å²) in [6.45, 7) is 7.88. The summed E-state index contributed by atoms with van der Waals surface area (Å²) in [7, 11) is 1.45. The minimum Gasteiger partial charge on any atom is -0.495 e. The first-order valence-electron chi connectivity index (χ1n) is 14.8. The van der Waals surface area contributed by atoms with Gasteiger partial charge in [0, 0.05) is 11.1 Å². The van der Waals surface area contributed by atoms with E-state index in [9.17, 15) is 14.7 Å². The van der Waals surface area contributed by atoms with Crippen LogP contribution in [0.2, 0.25) is 0 Å². The Bertz CT molecular complexity index is 1470. The molecule has 0 spiro atoms. The Balaban J connectivity index is 1.56. The van der Waals surface area contributed by atoms with E-state index < -0.39 is 17.5 Å². The monoisotopic (exact) mass is 572 g/mol. The maximum Gasteiger partial charge on any atom is 0.346 e. The number of methoxy groups -OCH3 is 1. The van der Waals surface area contributed by atoms with Crippen molar-refractivity contribution in [3.8, 4) is 23.0 Å². The van der Waals surface area contributed by atoms with Crippen molar-refractivity contribution in [3.63, 3.8) is 0 Å². The van der Waals surface area contributed by atoms with Gasteiger partial charge in [-0.3, -0.25) is 4.79 Å². The first-order valence-corrected chi connectivity index (χ1v) is 14.8. The Labute approximate surface area is 247 Å². The number of ether oxygens (including phenoxy) is 4. The van der Waals surface area contributed by atoms with E-state index in [1.165, 1.54) is 7.11 Å². The van der Waals surface area contributed by atoms with Gasteiger partial charge in [-0.1, -0.05) is 62.9 Å². The Morgan fingerprint density at radius 3 is 2.38 bits per heavy atom. The predicted molar refractivity (Wildman–Crippen MR) is 159 cm³/mol. The van der Waals surface area contributed by atoms with Gasteiger partial charge in [0.25, 0.3) is 0 Å². The zero-order valence-electron chi connectivity index (χ0n) is 25.1. The van der Waals surface area contributed by atoms with Crippen molar-refractivity contribution in [1.29, 1.82) is 0 Å². The van der Waals surface area contributed by atoms with E-state index in [0.717, 1.165) is 36.0 Å². The molecular formula is C35H40O7. The summed E-state index contributed by atoms with van der Waals surface area (Å²) < 4.78 is 24.0. The van der Waals surface area contributed by atoms with Gasteiger partial charge >= 0.3 is 11.9 Å². The molecule has 3 aromatic carbocycles. The fourth-order valence-electron chi connectivity index (χ4n) is 6.19. The normalized spacial score (nSPS) is 16.7. The maximum atomic E-state index is 14.1. The van der Waals surface area contributed by atoms with E-state index in [0.29, 0.717) is 36.1 Å². The van der Waals surface area contributed by atoms with Gasteiger partial charge in [0.05, 0.1) is 18.6 Å². The second-order valence-electron chi connectivity index (χ2n) is 12.0. The molecule has 1 fully saturated rings. The number of aliphatic hydroxyl groups is 1. The van der Waals surface area contributed by atoms with E-state index >= 15 is 0 Å². The van der Waals surface area contributed by atoms with Crippen molar-refractivity contribution in [2.75, 3.05) is 7.11 Å². The van der Waals surface area contributed by atoms with Gasteiger partial charge in [-0.15, -0.1) is 0 Å². The topological polar surface area (TPSA) is 91.3 Å². The van der Waals surface area contributed by atoms with Crippen molar-refractivity contribution < 1.29 is 33.6 Å². The summed E-state index contributed by atoms with van der Waals surface area (Å²) in [5, 5.41) is 10.9. The number of aliphatic hydroxyl groups excluding tert-OH is 1. The molecule has 3 aromatic rings. The lowest BCUT2D eigenvalue weighted by molar-refractivity contribution is -0.142. The molecule has 0 radical (unpaired) electrons. The molecule has 0 amide bonds. The third-order valence-electron chi connectivity index (χ3n) is 8.36. The molecule has 1 N–H and O–H groups in total. The highest BCUT2D eigenvalue weighted by atomic mass is 16.6. The molecule has 1 heterocycles. The summed E-state index contributed by atoms with van der Waals surface area (Å²) in [6.07, 6.45) is 4.06. The molecule has 7 heteroatoms. The van der Waals surface area contributed by atoms with Gasteiger partial charge in [0.15, 0.2) is 11.5 Å². The van der Waals surface area contributed by atoms with Crippen LogP contribution in [0.15, 0.2) is 48.5 Å². The number of rotatable bonds is 7. The fraction of sp³-hybridized carbons (Fsp3) is 0.429. The highest BCUT2D eigenvalue weighted by Crippen LogP contribution is 2.46. The van der Waals surface area contributed by atoms with Gasteiger partial charge in [-0.2, -0.15) is 0 Å². The summed E-state index contributed by atoms with van der Waals surface area (Å²) in [6, 6.07) is 15.1. The average molecular weight is 573 g/mol. The van der Waals surface area contributed by atoms with Crippen molar-refractivity contribution in [2.45, 2.75) is 84.3 Å². The smallest absolute Gasteiger partial charge is 0.346 e. The van der Waals surface area contributed by atoms with Crippen LogP contribution < -0.4 is 14.2 Å². The van der Waals surface area contributed by atoms with Crippen molar-refractivity contribution >= 4 is 11.9 Å². The molecule has 222 valence electrons. The molecule has 0 aromatic heterocycles. The van der Waals surface area contributed by atoms with E-state index in [2.05, 4.69) is 0 Å². The first-order chi connectivity index (χ1) is 20.1. The van der Waals surface area contributed by atoms with Crippen molar-refractivity contribution in [1.82, 2.24) is 0 Å². The SMILES string of the molecule is COc1c([C@@H](O)CC(C)C)ccc2c1C(=O)OCc1cc(C)cc(OC(=O)C3(c4ccc(C)cc4)CCCCC3)c1O2. The molecular weight excluding hydrogens is 532 g/mol. The van der Waals surface area contributed by atoms with Crippen LogP contribution >= 0.6 is 0 Å². The largest absolute Gasteiger partial charge is 0.495 e. The van der Waals surface area contributed by atoms with Crippen LogP contribution in [0.1, 0.15) is 96.7 Å². The Kier molecular flexibility index (Phi) is 8.60. The number of benzene rings is 3. The quantitative estimate of drug-likeness (QED) is 0.230. The van der Waals surface area contributed by atoms with Crippen molar-refractivity contribution in [3.05, 3.63) is 81.9 Å². The fourth-order valence-corrected chi connectivity index (χ4v) is 6.19. The van der Waals surface area contributed by atoms with Gasteiger partial charge < -0.3 is 24.1 Å².